The van der Waals surface area contributed by atoms with Gasteiger partial charge in [0.05, 0.1) is 6.04 Å². The molecule has 168 valence electrons. The number of ketones is 1. The number of nitrogens with one attached hydrogen (secondary N) is 1. The molecule has 0 unspecified atom stereocenters. The summed E-state index contributed by atoms with van der Waals surface area (Å²) in [5, 5.41) is 10.9. The molecule has 2 amide bonds. The molecule has 0 radical (unpaired) electrons. The van der Waals surface area contributed by atoms with Crippen LogP contribution in [-0.2, 0) is 4.79 Å². The number of carboxylic acid groups (broad SMARTS) is 1. The molecule has 0 aliphatic heterocycles. The lowest BCUT2D eigenvalue weighted by Crippen LogP contribution is -2.38. The molecule has 0 aliphatic carbocycles. The van der Waals surface area contributed by atoms with Gasteiger partial charge in [0.1, 0.15) is 11.6 Å². The molecule has 2 aromatic rings. The van der Waals surface area contributed by atoms with Gasteiger partial charge in [-0.3, -0.25) is 14.4 Å². The van der Waals surface area contributed by atoms with Gasteiger partial charge in [-0.15, -0.1) is 0 Å². The number of carbonyl (C=O) groups excluding carboxylic acids is 3. The van der Waals surface area contributed by atoms with Crippen molar-refractivity contribution in [3.8, 4) is 5.75 Å². The topological polar surface area (TPSA) is 148 Å². The van der Waals surface area contributed by atoms with E-state index in [0.717, 1.165) is 11.8 Å². The molecule has 0 bridgehead atoms. The lowest BCUT2D eigenvalue weighted by atomic mass is 10.0. The third kappa shape index (κ3) is 7.24. The summed E-state index contributed by atoms with van der Waals surface area (Å²) in [5.41, 5.74) is 6.97. The Morgan fingerprint density at radius 2 is 1.59 bits per heavy atom. The normalized spacial score (nSPS) is 12.0. The van der Waals surface area contributed by atoms with Crippen molar-refractivity contribution in [1.82, 2.24) is 5.32 Å². The van der Waals surface area contributed by atoms with Crippen molar-refractivity contribution in [2.24, 2.45) is 10.7 Å². The van der Waals surface area contributed by atoms with Gasteiger partial charge in [0.2, 0.25) is 0 Å². The van der Waals surface area contributed by atoms with Crippen LogP contribution in [0.3, 0.4) is 0 Å². The van der Waals surface area contributed by atoms with Crippen LogP contribution in [0.5, 0.6) is 5.75 Å². The van der Waals surface area contributed by atoms with Crippen LogP contribution >= 0.6 is 11.8 Å². The van der Waals surface area contributed by atoms with Crippen molar-refractivity contribution in [2.45, 2.75) is 19.9 Å². The summed E-state index contributed by atoms with van der Waals surface area (Å²) in [6, 6.07) is 11.3. The maximum absolute atomic E-state index is 12.6. The van der Waals surface area contributed by atoms with Crippen LogP contribution in [0.15, 0.2) is 53.5 Å². The van der Waals surface area contributed by atoms with E-state index in [1.807, 2.05) is 6.92 Å². The molecule has 2 rings (SSSR count). The van der Waals surface area contributed by atoms with Gasteiger partial charge in [-0.05, 0) is 49.1 Å². The fraction of sp³-hybridized carbons (Fsp3) is 0.227. The number of amidine groups is 1. The number of thioether (sulfide) groups is 1. The molecule has 10 heteroatoms. The Bertz CT molecular complexity index is 1020. The van der Waals surface area contributed by atoms with Crippen LogP contribution in [0, 0.1) is 0 Å². The first kappa shape index (κ1) is 24.6. The van der Waals surface area contributed by atoms with E-state index in [1.54, 1.807) is 19.1 Å². The van der Waals surface area contributed by atoms with Crippen molar-refractivity contribution in [2.75, 3.05) is 12.4 Å². The fourth-order valence-electron chi connectivity index (χ4n) is 2.57. The second-order valence-corrected chi connectivity index (χ2v) is 7.75. The second kappa shape index (κ2) is 11.7. The average molecular weight is 458 g/mol. The summed E-state index contributed by atoms with van der Waals surface area (Å²) in [6.45, 7) is 2.91. The number of rotatable bonds is 9. The van der Waals surface area contributed by atoms with Crippen LogP contribution in [0.1, 0.15) is 40.1 Å². The van der Waals surface area contributed by atoms with Crippen molar-refractivity contribution in [1.29, 1.82) is 0 Å². The number of Topliss-reactive ketones (excluding diaryl/α,β-unsaturated/α-hetero) is 1. The van der Waals surface area contributed by atoms with Gasteiger partial charge in [0.15, 0.2) is 12.4 Å². The van der Waals surface area contributed by atoms with E-state index in [0.29, 0.717) is 28.2 Å². The van der Waals surface area contributed by atoms with E-state index in [9.17, 15) is 19.2 Å². The molecule has 2 aromatic carbocycles. The molecular formula is C22H23N3O6S. The van der Waals surface area contributed by atoms with Gasteiger partial charge < -0.3 is 20.9 Å². The Kier molecular flexibility index (Phi) is 8.96. The predicted octanol–water partition coefficient (Wildman–Crippen LogP) is 2.73. The minimum absolute atomic E-state index is 0.0576. The molecule has 0 saturated carbocycles. The highest BCUT2D eigenvalue weighted by Crippen LogP contribution is 2.14. The van der Waals surface area contributed by atoms with Crippen molar-refractivity contribution >= 4 is 40.5 Å². The molecule has 4 N–H and O–H groups in total. The van der Waals surface area contributed by atoms with Crippen molar-refractivity contribution in [3.63, 3.8) is 0 Å². The Balaban J connectivity index is 1.98. The lowest BCUT2D eigenvalue weighted by Gasteiger charge is -2.14. The summed E-state index contributed by atoms with van der Waals surface area (Å²) in [5.74, 6) is -0.905. The number of hydrogen-bond acceptors (Lipinski definition) is 6. The summed E-state index contributed by atoms with van der Waals surface area (Å²) in [6.07, 6.45) is 0. The number of hydrogen-bond donors (Lipinski definition) is 3. The maximum atomic E-state index is 12.6. The molecule has 32 heavy (non-hydrogen) atoms. The smallest absolute Gasteiger partial charge is 0.341 e. The number of benzene rings is 2. The zero-order chi connectivity index (χ0) is 23.7. The number of ether oxygens (including phenoxy) is 1. The third-order valence-electron chi connectivity index (χ3n) is 4.16. The first-order valence-corrected chi connectivity index (χ1v) is 10.6. The third-order valence-corrected chi connectivity index (χ3v) is 4.79. The lowest BCUT2D eigenvalue weighted by molar-refractivity contribution is -0.139. The van der Waals surface area contributed by atoms with Crippen LogP contribution in [0.25, 0.3) is 0 Å². The van der Waals surface area contributed by atoms with Crippen LogP contribution in [-0.4, -0.2) is 52.2 Å². The minimum atomic E-state index is -1.10. The number of amides is 2. The van der Waals surface area contributed by atoms with E-state index in [4.69, 9.17) is 15.6 Å². The molecule has 0 fully saturated rings. The monoisotopic (exact) mass is 457 g/mol. The largest absolute Gasteiger partial charge is 0.482 e. The Morgan fingerprint density at radius 1 is 1.03 bits per heavy atom. The maximum Gasteiger partial charge on any atom is 0.341 e. The molecule has 0 aromatic heterocycles. The molecule has 9 nitrogen and oxygen atoms in total. The van der Waals surface area contributed by atoms with Gasteiger partial charge in [0, 0.05) is 16.7 Å². The summed E-state index contributed by atoms with van der Waals surface area (Å²) >= 11 is 1.04. The van der Waals surface area contributed by atoms with Crippen LogP contribution in [0.4, 0.5) is 4.79 Å². The standard InChI is InChI=1S/C22H23N3O6S/c1-3-32-22(30)25-20(23)15-4-6-16(7-5-15)21(29)24-13(2)19(28)14-8-10-17(11-9-14)31-12-18(26)27/h4-11,13H,3,12H2,1-2H3,(H,24,29)(H,26,27)(H2,23,25,30)/t13-/m0/s1. The molecular weight excluding hydrogens is 434 g/mol. The first-order chi connectivity index (χ1) is 15.2. The first-order valence-electron chi connectivity index (χ1n) is 9.62. The quantitative estimate of drug-likeness (QED) is 0.296. The van der Waals surface area contributed by atoms with Gasteiger partial charge in [-0.25, -0.2) is 4.79 Å². The Morgan fingerprint density at radius 3 is 2.16 bits per heavy atom. The predicted molar refractivity (Wildman–Crippen MR) is 122 cm³/mol. The summed E-state index contributed by atoms with van der Waals surface area (Å²) in [7, 11) is 0. The zero-order valence-electron chi connectivity index (χ0n) is 17.5. The van der Waals surface area contributed by atoms with Gasteiger partial charge >= 0.3 is 11.2 Å². The highest BCUT2D eigenvalue weighted by molar-refractivity contribution is 8.13. The summed E-state index contributed by atoms with van der Waals surface area (Å²) < 4.78 is 5.03. The Labute approximate surface area is 189 Å². The highest BCUT2D eigenvalue weighted by Gasteiger charge is 2.18. The molecule has 0 aliphatic rings. The molecule has 0 heterocycles. The SMILES string of the molecule is CCSC(=O)/N=C(\N)c1ccc(C(=O)N[C@@H](C)C(=O)c2ccc(OCC(=O)O)cc2)cc1. The second-order valence-electron chi connectivity index (χ2n) is 6.54. The van der Waals surface area contributed by atoms with E-state index in [2.05, 4.69) is 10.3 Å². The number of aliphatic carboxylic acids is 1. The number of carboxylic acids is 1. The number of nitrogens with two attached hydrogens (primary N) is 1. The Hall–Kier alpha value is -3.66. The summed E-state index contributed by atoms with van der Waals surface area (Å²) in [4.78, 5) is 50.9. The molecule has 0 saturated heterocycles. The van der Waals surface area contributed by atoms with E-state index in [-0.39, 0.29) is 16.9 Å². The molecule has 0 spiro atoms. The van der Waals surface area contributed by atoms with Crippen molar-refractivity contribution < 1.29 is 29.0 Å². The average Bonchev–Trinajstić information content (AvgIpc) is 2.77. The zero-order valence-corrected chi connectivity index (χ0v) is 18.3. The van der Waals surface area contributed by atoms with Gasteiger partial charge in [-0.1, -0.05) is 30.8 Å². The van der Waals surface area contributed by atoms with Crippen molar-refractivity contribution in [3.05, 3.63) is 65.2 Å². The number of nitrogens with zero attached hydrogens (tertiary/aromatic N) is 1. The van der Waals surface area contributed by atoms with Crippen LogP contribution < -0.4 is 15.8 Å². The number of carbonyl (C=O) groups is 4. The fourth-order valence-corrected chi connectivity index (χ4v) is 2.98. The van der Waals surface area contributed by atoms with E-state index < -0.39 is 24.5 Å². The van der Waals surface area contributed by atoms with Gasteiger partial charge in [0.25, 0.3) is 5.91 Å². The van der Waals surface area contributed by atoms with E-state index >= 15 is 0 Å². The van der Waals surface area contributed by atoms with Gasteiger partial charge in [-0.2, -0.15) is 4.99 Å². The number of aliphatic imine (C=N–C) groups is 1. The van der Waals surface area contributed by atoms with Crippen LogP contribution in [0.2, 0.25) is 0 Å². The van der Waals surface area contributed by atoms with E-state index in [1.165, 1.54) is 36.4 Å². The molecule has 1 atom stereocenters. The minimum Gasteiger partial charge on any atom is -0.482 e. The highest BCUT2D eigenvalue weighted by atomic mass is 32.2.